The van der Waals surface area contributed by atoms with Gasteiger partial charge in [-0.1, -0.05) is 6.07 Å². The maximum atomic E-state index is 4.92. The number of benzene rings is 2. The second kappa shape index (κ2) is 8.43. The highest BCUT2D eigenvalue weighted by atomic mass is 15.3. The molecule has 0 unspecified atom stereocenters. The molecule has 0 saturated carbocycles. The fraction of sp³-hybridized carbons (Fsp3) is 0.385. The number of hydrogen-bond acceptors (Lipinski definition) is 6. The molecule has 0 N–H and O–H groups in total. The molecule has 0 spiro atoms. The van der Waals surface area contributed by atoms with Gasteiger partial charge in [-0.25, -0.2) is 9.97 Å². The van der Waals surface area contributed by atoms with E-state index >= 15 is 0 Å². The van der Waals surface area contributed by atoms with Crippen molar-refractivity contribution in [2.45, 2.75) is 46.2 Å². The Hall–Kier alpha value is -3.12. The van der Waals surface area contributed by atoms with Crippen molar-refractivity contribution in [1.29, 1.82) is 0 Å². The van der Waals surface area contributed by atoms with Gasteiger partial charge in [0, 0.05) is 43.5 Å². The summed E-state index contributed by atoms with van der Waals surface area (Å²) in [4.78, 5) is 23.4. The highest BCUT2D eigenvalue weighted by Gasteiger charge is 2.24. The van der Waals surface area contributed by atoms with Crippen molar-refractivity contribution >= 4 is 27.9 Å². The molecule has 6 nitrogen and oxygen atoms in total. The average molecular weight is 427 g/mol. The minimum Gasteiger partial charge on any atom is -0.341 e. The first-order valence-corrected chi connectivity index (χ1v) is 11.4. The van der Waals surface area contributed by atoms with Crippen LogP contribution in [0.5, 0.6) is 0 Å². The van der Waals surface area contributed by atoms with Crippen LogP contribution in [0.15, 0.2) is 42.7 Å². The summed E-state index contributed by atoms with van der Waals surface area (Å²) in [6.45, 7) is 9.27. The van der Waals surface area contributed by atoms with Crippen LogP contribution in [-0.2, 0) is 6.54 Å². The number of hydrogen-bond donors (Lipinski definition) is 0. The number of piperidine rings is 1. The van der Waals surface area contributed by atoms with Gasteiger partial charge in [0.2, 0.25) is 5.95 Å². The zero-order chi connectivity index (χ0) is 22.2. The molecule has 3 heterocycles. The van der Waals surface area contributed by atoms with Crippen molar-refractivity contribution in [3.8, 4) is 0 Å². The fourth-order valence-electron chi connectivity index (χ4n) is 4.70. The molecule has 2 aromatic heterocycles. The van der Waals surface area contributed by atoms with Gasteiger partial charge in [-0.3, -0.25) is 14.9 Å². The third-order valence-corrected chi connectivity index (χ3v) is 6.83. The Morgan fingerprint density at radius 3 is 2.38 bits per heavy atom. The second-order valence-electron chi connectivity index (χ2n) is 9.08. The van der Waals surface area contributed by atoms with Crippen LogP contribution < -0.4 is 4.90 Å². The molecule has 2 aromatic carbocycles. The maximum Gasteiger partial charge on any atom is 0.226 e. The van der Waals surface area contributed by atoms with Crippen molar-refractivity contribution in [3.05, 3.63) is 65.1 Å². The average Bonchev–Trinajstić information content (AvgIpc) is 2.80. The van der Waals surface area contributed by atoms with E-state index in [2.05, 4.69) is 77.9 Å². The molecule has 1 aliphatic rings. The van der Waals surface area contributed by atoms with Gasteiger partial charge in [0.25, 0.3) is 0 Å². The number of rotatable bonds is 4. The Labute approximate surface area is 189 Å². The lowest BCUT2D eigenvalue weighted by Gasteiger charge is -2.37. The van der Waals surface area contributed by atoms with Crippen LogP contribution in [0.4, 0.5) is 5.95 Å². The van der Waals surface area contributed by atoms with Crippen molar-refractivity contribution in [2.24, 2.45) is 0 Å². The highest BCUT2D eigenvalue weighted by Crippen LogP contribution is 2.26. The van der Waals surface area contributed by atoms with Crippen LogP contribution in [0.3, 0.4) is 0 Å². The van der Waals surface area contributed by atoms with E-state index in [1.54, 1.807) is 12.4 Å². The van der Waals surface area contributed by atoms with Crippen LogP contribution in [0.25, 0.3) is 21.9 Å². The molecule has 0 bridgehead atoms. The van der Waals surface area contributed by atoms with Crippen molar-refractivity contribution in [3.63, 3.8) is 0 Å². The molecule has 1 fully saturated rings. The molecule has 4 aromatic rings. The van der Waals surface area contributed by atoms with E-state index in [1.165, 1.54) is 16.7 Å². The molecule has 0 radical (unpaired) electrons. The van der Waals surface area contributed by atoms with E-state index in [0.29, 0.717) is 6.04 Å². The Morgan fingerprint density at radius 2 is 1.59 bits per heavy atom. The molecular weight excluding hydrogens is 396 g/mol. The number of aromatic nitrogens is 4. The van der Waals surface area contributed by atoms with Crippen molar-refractivity contribution in [1.82, 2.24) is 24.8 Å². The predicted octanol–water partition coefficient (Wildman–Crippen LogP) is 4.60. The van der Waals surface area contributed by atoms with E-state index < -0.39 is 0 Å². The molecule has 32 heavy (non-hydrogen) atoms. The lowest BCUT2D eigenvalue weighted by molar-refractivity contribution is 0.200. The first-order valence-electron chi connectivity index (χ1n) is 11.4. The van der Waals surface area contributed by atoms with Gasteiger partial charge in [0.15, 0.2) is 0 Å². The minimum absolute atomic E-state index is 0.551. The molecule has 0 aliphatic carbocycles. The van der Waals surface area contributed by atoms with E-state index in [9.17, 15) is 0 Å². The lowest BCUT2D eigenvalue weighted by atomic mass is 10.0. The summed E-state index contributed by atoms with van der Waals surface area (Å²) >= 11 is 0. The SMILES string of the molecule is Cc1cc2nc(N3CCC(N(C)Cc4ccc5nccnc5c4)CC3)nc(C)c2cc1C. The largest absolute Gasteiger partial charge is 0.341 e. The third kappa shape index (κ3) is 4.02. The van der Waals surface area contributed by atoms with Crippen molar-refractivity contribution in [2.75, 3.05) is 25.0 Å². The van der Waals surface area contributed by atoms with Gasteiger partial charge >= 0.3 is 0 Å². The van der Waals surface area contributed by atoms with E-state index in [-0.39, 0.29) is 0 Å². The normalized spacial score (nSPS) is 15.2. The molecule has 5 rings (SSSR count). The lowest BCUT2D eigenvalue weighted by Crippen LogP contribution is -2.43. The first kappa shape index (κ1) is 20.8. The highest BCUT2D eigenvalue weighted by molar-refractivity contribution is 5.83. The van der Waals surface area contributed by atoms with Gasteiger partial charge in [0.05, 0.1) is 22.2 Å². The third-order valence-electron chi connectivity index (χ3n) is 6.83. The summed E-state index contributed by atoms with van der Waals surface area (Å²) in [6, 6.07) is 11.3. The molecule has 164 valence electrons. The summed E-state index contributed by atoms with van der Waals surface area (Å²) in [5.74, 6) is 0.868. The van der Waals surface area contributed by atoms with Gasteiger partial charge in [-0.15, -0.1) is 0 Å². The minimum atomic E-state index is 0.551. The van der Waals surface area contributed by atoms with Gasteiger partial charge in [-0.05, 0) is 81.6 Å². The van der Waals surface area contributed by atoms with E-state index in [4.69, 9.17) is 9.97 Å². The summed E-state index contributed by atoms with van der Waals surface area (Å²) in [7, 11) is 2.23. The Balaban J connectivity index is 1.26. The second-order valence-corrected chi connectivity index (χ2v) is 9.08. The summed E-state index contributed by atoms with van der Waals surface area (Å²) in [5, 5.41) is 1.16. The van der Waals surface area contributed by atoms with Crippen LogP contribution in [0, 0.1) is 20.8 Å². The van der Waals surface area contributed by atoms with E-state index in [0.717, 1.165) is 66.1 Å². The molecular formula is C26H30N6. The fourth-order valence-corrected chi connectivity index (χ4v) is 4.70. The van der Waals surface area contributed by atoms with Gasteiger partial charge in [-0.2, -0.15) is 0 Å². The first-order chi connectivity index (χ1) is 15.5. The number of fused-ring (bicyclic) bond motifs is 2. The van der Waals surface area contributed by atoms with E-state index in [1.807, 2.05) is 0 Å². The number of nitrogens with zero attached hydrogens (tertiary/aromatic N) is 6. The van der Waals surface area contributed by atoms with Crippen LogP contribution in [-0.4, -0.2) is 51.0 Å². The molecule has 0 atom stereocenters. The number of aryl methyl sites for hydroxylation is 3. The van der Waals surface area contributed by atoms with Gasteiger partial charge in [0.1, 0.15) is 0 Å². The molecule has 1 saturated heterocycles. The van der Waals surface area contributed by atoms with Crippen LogP contribution >= 0.6 is 0 Å². The topological polar surface area (TPSA) is 58.0 Å². The zero-order valence-electron chi connectivity index (χ0n) is 19.3. The molecule has 0 amide bonds. The monoisotopic (exact) mass is 426 g/mol. The summed E-state index contributed by atoms with van der Waals surface area (Å²) in [6.07, 6.45) is 5.71. The standard InChI is InChI=1S/C26H30N6/c1-17-13-22-19(3)29-26(30-24(22)14-18(17)2)32-11-7-21(8-12-32)31(4)16-20-5-6-23-25(15-20)28-10-9-27-23/h5-6,9-10,13-15,21H,7-8,11-12,16H2,1-4H3. The van der Waals surface area contributed by atoms with Crippen LogP contribution in [0.2, 0.25) is 0 Å². The van der Waals surface area contributed by atoms with Gasteiger partial charge < -0.3 is 4.90 Å². The zero-order valence-corrected chi connectivity index (χ0v) is 19.3. The number of anilines is 1. The molecule has 6 heteroatoms. The quantitative estimate of drug-likeness (QED) is 0.475. The van der Waals surface area contributed by atoms with Crippen molar-refractivity contribution < 1.29 is 0 Å². The Morgan fingerprint density at radius 1 is 0.875 bits per heavy atom. The molecule has 1 aliphatic heterocycles. The van der Waals surface area contributed by atoms with Crippen LogP contribution in [0.1, 0.15) is 35.2 Å². The predicted molar refractivity (Wildman–Crippen MR) is 130 cm³/mol. The summed E-state index contributed by atoms with van der Waals surface area (Å²) < 4.78 is 0. The Kier molecular flexibility index (Phi) is 5.47. The smallest absolute Gasteiger partial charge is 0.226 e. The summed E-state index contributed by atoms with van der Waals surface area (Å²) in [5.41, 5.74) is 7.87. The Bertz CT molecular complexity index is 1280. The maximum absolute atomic E-state index is 4.92.